The van der Waals surface area contributed by atoms with Crippen LogP contribution < -0.4 is 4.74 Å². The maximum Gasteiger partial charge on any atom is 0.195 e. The summed E-state index contributed by atoms with van der Waals surface area (Å²) in [6, 6.07) is 1.70. The van der Waals surface area contributed by atoms with Gasteiger partial charge in [-0.15, -0.1) is 0 Å². The number of aromatic amines is 1. The molecule has 0 aliphatic rings. The molecule has 1 aromatic rings. The smallest absolute Gasteiger partial charge is 0.195 e. The summed E-state index contributed by atoms with van der Waals surface area (Å²) in [5.74, 6) is 1.46. The van der Waals surface area contributed by atoms with Crippen LogP contribution in [0.15, 0.2) is 6.07 Å². The molecule has 0 bridgehead atoms. The zero-order chi connectivity index (χ0) is 8.27. The van der Waals surface area contributed by atoms with Crippen molar-refractivity contribution in [3.63, 3.8) is 0 Å². The molecule has 1 rings (SSSR count). The van der Waals surface area contributed by atoms with Crippen molar-refractivity contribution < 1.29 is 4.74 Å². The predicted octanol–water partition coefficient (Wildman–Crippen LogP) is 1.85. The fourth-order valence-corrected chi connectivity index (χ4v) is 1.03. The van der Waals surface area contributed by atoms with Crippen molar-refractivity contribution in [2.24, 2.45) is 0 Å². The molecule has 0 atom stereocenters. The van der Waals surface area contributed by atoms with E-state index >= 15 is 0 Å². The van der Waals surface area contributed by atoms with Crippen molar-refractivity contribution >= 4 is 12.2 Å². The Bertz CT molecular complexity index is 295. The Morgan fingerprint density at radius 1 is 1.73 bits per heavy atom. The molecule has 0 aliphatic heterocycles. The quantitative estimate of drug-likeness (QED) is 0.688. The SMILES string of the molecule is CCOc1cc(=S)nc(C)[nH]1. The van der Waals surface area contributed by atoms with E-state index in [0.717, 1.165) is 5.82 Å². The number of hydrogen-bond donors (Lipinski definition) is 1. The van der Waals surface area contributed by atoms with E-state index in [9.17, 15) is 0 Å². The first-order valence-electron chi connectivity index (χ1n) is 3.43. The van der Waals surface area contributed by atoms with Gasteiger partial charge in [0.2, 0.25) is 0 Å². The van der Waals surface area contributed by atoms with E-state index in [1.165, 1.54) is 0 Å². The minimum absolute atomic E-state index is 0.560. The summed E-state index contributed by atoms with van der Waals surface area (Å²) in [6.07, 6.45) is 0. The normalized spacial score (nSPS) is 9.64. The molecule has 0 saturated carbocycles. The highest BCUT2D eigenvalue weighted by molar-refractivity contribution is 7.71. The number of aryl methyl sites for hydroxylation is 1. The molecule has 0 unspecified atom stereocenters. The van der Waals surface area contributed by atoms with Gasteiger partial charge in [-0.1, -0.05) is 12.2 Å². The van der Waals surface area contributed by atoms with Crippen molar-refractivity contribution in [3.05, 3.63) is 16.5 Å². The lowest BCUT2D eigenvalue weighted by Gasteiger charge is -2.02. The summed E-state index contributed by atoms with van der Waals surface area (Å²) < 4.78 is 5.77. The van der Waals surface area contributed by atoms with E-state index in [0.29, 0.717) is 17.1 Å². The second-order valence-electron chi connectivity index (χ2n) is 2.10. The number of aromatic nitrogens is 2. The van der Waals surface area contributed by atoms with Crippen LogP contribution in [0.1, 0.15) is 12.7 Å². The van der Waals surface area contributed by atoms with Gasteiger partial charge in [-0.3, -0.25) is 0 Å². The zero-order valence-corrected chi connectivity index (χ0v) is 7.36. The summed E-state index contributed by atoms with van der Waals surface area (Å²) in [6.45, 7) is 4.40. The minimum atomic E-state index is 0.560. The van der Waals surface area contributed by atoms with Crippen molar-refractivity contribution in [1.82, 2.24) is 9.97 Å². The molecule has 0 aromatic carbocycles. The Labute approximate surface area is 70.4 Å². The first-order chi connectivity index (χ1) is 5.22. The van der Waals surface area contributed by atoms with Crippen LogP contribution in [0.3, 0.4) is 0 Å². The number of nitrogens with one attached hydrogen (secondary N) is 1. The first-order valence-corrected chi connectivity index (χ1v) is 3.84. The van der Waals surface area contributed by atoms with E-state index in [1.54, 1.807) is 6.07 Å². The second kappa shape index (κ2) is 3.48. The van der Waals surface area contributed by atoms with Gasteiger partial charge >= 0.3 is 0 Å². The van der Waals surface area contributed by atoms with Crippen LogP contribution in [0.25, 0.3) is 0 Å². The average molecular weight is 170 g/mol. The Morgan fingerprint density at radius 3 is 3.00 bits per heavy atom. The van der Waals surface area contributed by atoms with Gasteiger partial charge in [-0.05, 0) is 13.8 Å². The summed E-state index contributed by atoms with van der Waals surface area (Å²) in [5, 5.41) is 0. The van der Waals surface area contributed by atoms with E-state index in [-0.39, 0.29) is 0 Å². The molecular weight excluding hydrogens is 160 g/mol. The monoisotopic (exact) mass is 170 g/mol. The number of rotatable bonds is 2. The maximum atomic E-state index is 5.21. The molecule has 0 fully saturated rings. The van der Waals surface area contributed by atoms with Crippen molar-refractivity contribution in [2.75, 3.05) is 6.61 Å². The third-order valence-corrected chi connectivity index (χ3v) is 1.35. The highest BCUT2D eigenvalue weighted by Crippen LogP contribution is 2.05. The number of hydrogen-bond acceptors (Lipinski definition) is 3. The highest BCUT2D eigenvalue weighted by Gasteiger charge is 1.92. The van der Waals surface area contributed by atoms with Crippen LogP contribution in [-0.2, 0) is 0 Å². The Kier molecular flexibility index (Phi) is 2.59. The molecule has 11 heavy (non-hydrogen) atoms. The highest BCUT2D eigenvalue weighted by atomic mass is 32.1. The first kappa shape index (κ1) is 8.20. The molecule has 1 N–H and O–H groups in total. The molecule has 3 nitrogen and oxygen atoms in total. The third-order valence-electron chi connectivity index (χ3n) is 1.14. The Morgan fingerprint density at radius 2 is 2.45 bits per heavy atom. The van der Waals surface area contributed by atoms with Gasteiger partial charge in [0.1, 0.15) is 10.5 Å². The summed E-state index contributed by atoms with van der Waals surface area (Å²) >= 11 is 4.89. The molecule has 0 saturated heterocycles. The molecule has 1 aromatic heterocycles. The van der Waals surface area contributed by atoms with E-state index < -0.39 is 0 Å². The average Bonchev–Trinajstić information content (AvgIpc) is 1.85. The van der Waals surface area contributed by atoms with Gasteiger partial charge in [0.05, 0.1) is 6.61 Å². The van der Waals surface area contributed by atoms with Crippen LogP contribution in [-0.4, -0.2) is 16.6 Å². The van der Waals surface area contributed by atoms with Gasteiger partial charge in [-0.25, -0.2) is 4.98 Å². The minimum Gasteiger partial charge on any atom is -0.479 e. The van der Waals surface area contributed by atoms with E-state index in [4.69, 9.17) is 17.0 Å². The van der Waals surface area contributed by atoms with Crippen molar-refractivity contribution in [3.8, 4) is 5.88 Å². The number of ether oxygens (including phenoxy) is 1. The molecule has 60 valence electrons. The largest absolute Gasteiger partial charge is 0.479 e. The lowest BCUT2D eigenvalue weighted by molar-refractivity contribution is 0.325. The topological polar surface area (TPSA) is 37.9 Å². The van der Waals surface area contributed by atoms with Gasteiger partial charge in [0.15, 0.2) is 5.88 Å². The lowest BCUT2D eigenvalue weighted by atomic mass is 10.6. The van der Waals surface area contributed by atoms with Crippen LogP contribution >= 0.6 is 12.2 Å². The molecule has 1 heterocycles. The van der Waals surface area contributed by atoms with Crippen LogP contribution in [0, 0.1) is 11.6 Å². The van der Waals surface area contributed by atoms with Gasteiger partial charge < -0.3 is 9.72 Å². The standard InChI is InChI=1S/C7H10N2OS/c1-3-10-6-4-7(11)9-5(2)8-6/h4H,3H2,1-2H3,(H,8,9,11). The van der Waals surface area contributed by atoms with Crippen molar-refractivity contribution in [1.29, 1.82) is 0 Å². The third kappa shape index (κ3) is 2.31. The maximum absolute atomic E-state index is 5.21. The Balaban J connectivity index is 2.99. The van der Waals surface area contributed by atoms with E-state index in [1.807, 2.05) is 13.8 Å². The van der Waals surface area contributed by atoms with Gasteiger partial charge in [0.25, 0.3) is 0 Å². The fraction of sp³-hybridized carbons (Fsp3) is 0.429. The number of nitrogens with zero attached hydrogens (tertiary/aromatic N) is 1. The molecular formula is C7H10N2OS. The van der Waals surface area contributed by atoms with Crippen LogP contribution in [0.2, 0.25) is 0 Å². The van der Waals surface area contributed by atoms with Crippen LogP contribution in [0.4, 0.5) is 0 Å². The zero-order valence-electron chi connectivity index (χ0n) is 6.55. The fourth-order valence-electron chi connectivity index (χ4n) is 0.785. The molecule has 0 amide bonds. The predicted molar refractivity (Wildman–Crippen MR) is 45.3 cm³/mol. The lowest BCUT2D eigenvalue weighted by Crippen LogP contribution is -1.97. The summed E-state index contributed by atoms with van der Waals surface area (Å²) in [5.41, 5.74) is 0. The molecule has 0 radical (unpaired) electrons. The summed E-state index contributed by atoms with van der Waals surface area (Å²) in [7, 11) is 0. The number of H-pyrrole nitrogens is 1. The molecule has 0 spiro atoms. The van der Waals surface area contributed by atoms with Crippen molar-refractivity contribution in [2.45, 2.75) is 13.8 Å². The Hall–Kier alpha value is -0.900. The second-order valence-corrected chi connectivity index (χ2v) is 2.52. The van der Waals surface area contributed by atoms with Gasteiger partial charge in [0, 0.05) is 6.07 Å². The summed E-state index contributed by atoms with van der Waals surface area (Å²) in [4.78, 5) is 6.94. The van der Waals surface area contributed by atoms with E-state index in [2.05, 4.69) is 9.97 Å². The van der Waals surface area contributed by atoms with Gasteiger partial charge in [-0.2, -0.15) is 0 Å². The van der Waals surface area contributed by atoms with Crippen LogP contribution in [0.5, 0.6) is 5.88 Å². The molecule has 0 aliphatic carbocycles. The molecule has 4 heteroatoms.